The van der Waals surface area contributed by atoms with Crippen LogP contribution in [-0.4, -0.2) is 21.2 Å². The van der Waals surface area contributed by atoms with E-state index in [1.54, 1.807) is 0 Å². The molecule has 1 heterocycles. The summed E-state index contributed by atoms with van der Waals surface area (Å²) < 4.78 is 0. The van der Waals surface area contributed by atoms with Crippen molar-refractivity contribution >= 4 is 11.8 Å². The van der Waals surface area contributed by atoms with Gasteiger partial charge in [0.15, 0.2) is 12.4 Å². The van der Waals surface area contributed by atoms with E-state index in [-0.39, 0.29) is 12.2 Å². The van der Waals surface area contributed by atoms with Crippen LogP contribution in [0.15, 0.2) is 41.6 Å². The molecule has 3 N–H and O–H groups in total. The quantitative estimate of drug-likeness (QED) is 0.582. The van der Waals surface area contributed by atoms with Crippen LogP contribution in [0, 0.1) is 5.53 Å². The number of rotatable bonds is 4. The third-order valence-electron chi connectivity index (χ3n) is 2.41. The number of hydrogen-bond donors (Lipinski definition) is 3. The van der Waals surface area contributed by atoms with Gasteiger partial charge in [0.05, 0.1) is 17.6 Å². The van der Waals surface area contributed by atoms with Crippen LogP contribution in [0.3, 0.4) is 0 Å². The van der Waals surface area contributed by atoms with Crippen molar-refractivity contribution in [2.45, 2.75) is 6.54 Å². The van der Waals surface area contributed by atoms with Gasteiger partial charge in [0.25, 0.3) is 0 Å². The number of carboxylic acid groups (broad SMARTS) is 1. The summed E-state index contributed by atoms with van der Waals surface area (Å²) in [6, 6.07) is 9.12. The first kappa shape index (κ1) is 13.3. The lowest BCUT2D eigenvalue weighted by atomic mass is 10.1. The molecule has 100 valence electrons. The Morgan fingerprint density at radius 3 is 2.80 bits per heavy atom. The first-order chi connectivity index (χ1) is 9.70. The molecule has 2 aromatic rings. The van der Waals surface area contributed by atoms with Crippen molar-refractivity contribution in [3.63, 3.8) is 0 Å². The van der Waals surface area contributed by atoms with Gasteiger partial charge in [-0.15, -0.1) is 0 Å². The zero-order chi connectivity index (χ0) is 14.4. The maximum Gasteiger partial charge on any atom is 0.409 e. The zero-order valence-corrected chi connectivity index (χ0v) is 10.3. The monoisotopic (exact) mass is 271 g/mol. The fraction of sp³-hybridized carbons (Fsp3) is 0.0833. The van der Waals surface area contributed by atoms with E-state index in [0.29, 0.717) is 11.5 Å². The summed E-state index contributed by atoms with van der Waals surface area (Å²) in [7, 11) is 0. The molecule has 0 aliphatic rings. The van der Waals surface area contributed by atoms with Gasteiger partial charge in [-0.25, -0.2) is 14.8 Å². The molecule has 2 rings (SSSR count). The lowest BCUT2D eigenvalue weighted by molar-refractivity contribution is 0.209. The second kappa shape index (κ2) is 6.17. The highest BCUT2D eigenvalue weighted by Gasteiger charge is 2.12. The molecule has 0 spiro atoms. The Hall–Kier alpha value is -3.12. The summed E-state index contributed by atoms with van der Waals surface area (Å²) in [6.45, 7) is 0.0662. The van der Waals surface area contributed by atoms with E-state index in [0.717, 1.165) is 5.56 Å². The molecule has 0 atom stereocenters. The lowest BCUT2D eigenvalue weighted by Crippen LogP contribution is -2.10. The molecular weight excluding hydrogens is 260 g/mol. The predicted octanol–water partition coefficient (Wildman–Crippen LogP) is 2.28. The van der Waals surface area contributed by atoms with Crippen molar-refractivity contribution in [2.75, 3.05) is 5.32 Å². The van der Waals surface area contributed by atoms with Crippen LogP contribution in [0.2, 0.25) is 0 Å². The first-order valence-corrected chi connectivity index (χ1v) is 5.65. The van der Waals surface area contributed by atoms with Crippen molar-refractivity contribution in [3.8, 4) is 11.3 Å². The summed E-state index contributed by atoms with van der Waals surface area (Å²) in [4.78, 5) is 21.9. The second-order valence-electron chi connectivity index (χ2n) is 3.74. The lowest BCUT2D eigenvalue weighted by Gasteiger charge is -2.08. The molecule has 8 heteroatoms. The Morgan fingerprint density at radius 1 is 1.40 bits per heavy atom. The van der Waals surface area contributed by atoms with Crippen molar-refractivity contribution in [2.24, 2.45) is 5.11 Å². The van der Waals surface area contributed by atoms with Gasteiger partial charge < -0.3 is 5.11 Å². The molecule has 1 aromatic heterocycles. The number of aromatic nitrogens is 2. The van der Waals surface area contributed by atoms with Gasteiger partial charge in [-0.05, 0) is 0 Å². The van der Waals surface area contributed by atoms with Gasteiger partial charge >= 0.3 is 6.09 Å². The number of amides is 1. The third-order valence-corrected chi connectivity index (χ3v) is 2.41. The van der Waals surface area contributed by atoms with Gasteiger partial charge in [0, 0.05) is 5.56 Å². The number of nitrogens with one attached hydrogen (secondary N) is 2. The largest absolute Gasteiger partial charge is 0.465 e. The van der Waals surface area contributed by atoms with E-state index in [2.05, 4.69) is 25.3 Å². The van der Waals surface area contributed by atoms with Crippen molar-refractivity contribution in [1.29, 1.82) is 5.53 Å². The minimum atomic E-state index is -1.19. The number of benzene rings is 1. The van der Waals surface area contributed by atoms with Gasteiger partial charge in [-0.3, -0.25) is 5.32 Å². The molecule has 0 saturated carbocycles. The van der Waals surface area contributed by atoms with E-state index in [1.165, 1.54) is 6.20 Å². The zero-order valence-electron chi connectivity index (χ0n) is 10.3. The summed E-state index contributed by atoms with van der Waals surface area (Å²) in [5.74, 6) is 0.357. The van der Waals surface area contributed by atoms with Crippen molar-refractivity contribution < 1.29 is 9.90 Å². The van der Waals surface area contributed by atoms with E-state index in [1.807, 2.05) is 30.3 Å². The minimum absolute atomic E-state index is 0.0662. The molecule has 1 aromatic carbocycles. The summed E-state index contributed by atoms with van der Waals surface area (Å²) >= 11 is 0. The van der Waals surface area contributed by atoms with Crippen LogP contribution in [0.25, 0.3) is 11.3 Å². The van der Waals surface area contributed by atoms with Crippen LogP contribution in [0.5, 0.6) is 0 Å². The Morgan fingerprint density at radius 2 is 2.15 bits per heavy atom. The SMILES string of the molecule is N=[N+]=NCc1ncc(NC(=O)O)c(-c2ccccc2)n1. The van der Waals surface area contributed by atoms with Crippen LogP contribution in [-0.2, 0) is 6.54 Å². The average molecular weight is 271 g/mol. The predicted molar refractivity (Wildman–Crippen MR) is 70.1 cm³/mol. The number of nitrogens with zero attached hydrogens (tertiary/aromatic N) is 4. The van der Waals surface area contributed by atoms with Gasteiger partial charge in [0.1, 0.15) is 10.6 Å². The second-order valence-corrected chi connectivity index (χ2v) is 3.74. The van der Waals surface area contributed by atoms with E-state index in [9.17, 15) is 4.79 Å². The molecule has 0 aliphatic carbocycles. The van der Waals surface area contributed by atoms with Crippen LogP contribution in [0.4, 0.5) is 10.5 Å². The fourth-order valence-corrected chi connectivity index (χ4v) is 1.62. The Kier molecular flexibility index (Phi) is 4.10. The van der Waals surface area contributed by atoms with Crippen molar-refractivity contribution in [3.05, 3.63) is 42.4 Å². The smallest absolute Gasteiger partial charge is 0.409 e. The highest BCUT2D eigenvalue weighted by Crippen LogP contribution is 2.25. The van der Waals surface area contributed by atoms with E-state index < -0.39 is 6.09 Å². The number of anilines is 1. The van der Waals surface area contributed by atoms with Gasteiger partial charge in [-0.2, -0.15) is 0 Å². The van der Waals surface area contributed by atoms with E-state index in [4.69, 9.17) is 10.6 Å². The Balaban J connectivity index is 2.47. The first-order valence-electron chi connectivity index (χ1n) is 5.65. The molecule has 0 unspecified atom stereocenters. The maximum absolute atomic E-state index is 10.8. The molecule has 0 aliphatic heterocycles. The van der Waals surface area contributed by atoms with Crippen molar-refractivity contribution in [1.82, 2.24) is 14.9 Å². The van der Waals surface area contributed by atoms with Crippen LogP contribution in [0.1, 0.15) is 5.82 Å². The minimum Gasteiger partial charge on any atom is -0.465 e. The summed E-state index contributed by atoms with van der Waals surface area (Å²) in [5, 5.41) is 14.6. The molecule has 20 heavy (non-hydrogen) atoms. The molecule has 8 nitrogen and oxygen atoms in total. The van der Waals surface area contributed by atoms with Crippen LogP contribution < -0.4 is 10.2 Å². The molecule has 1 amide bonds. The van der Waals surface area contributed by atoms with Crippen LogP contribution >= 0.6 is 0 Å². The molecule has 0 fully saturated rings. The fourth-order valence-electron chi connectivity index (χ4n) is 1.62. The Bertz CT molecular complexity index is 667. The highest BCUT2D eigenvalue weighted by molar-refractivity contribution is 5.88. The molecule has 0 saturated heterocycles. The Labute approximate surface area is 113 Å². The van der Waals surface area contributed by atoms with Gasteiger partial charge in [-0.1, -0.05) is 30.3 Å². The average Bonchev–Trinajstić information content (AvgIpc) is 2.46. The molecule has 0 radical (unpaired) electrons. The van der Waals surface area contributed by atoms with Gasteiger partial charge in [0.2, 0.25) is 4.91 Å². The normalized spacial score (nSPS) is 9.60. The molecule has 0 bridgehead atoms. The molecular formula is C12H11N6O2+. The van der Waals surface area contributed by atoms with E-state index >= 15 is 0 Å². The number of hydrogen-bond acceptors (Lipinski definition) is 5. The summed E-state index contributed by atoms with van der Waals surface area (Å²) in [5.41, 5.74) is 8.11. The highest BCUT2D eigenvalue weighted by atomic mass is 16.4. The third kappa shape index (κ3) is 3.21. The maximum atomic E-state index is 10.8. The standard InChI is InChI=1S/C12H10N6O2/c13-18-15-7-10-14-6-9(16-12(19)20)11(17-10)8-4-2-1-3-5-8/h1-6,13,16H,7H2/p+1. The summed E-state index contributed by atoms with van der Waals surface area (Å²) in [6.07, 6.45) is 0.183. The topological polar surface area (TPSA) is 125 Å². The number of carbonyl (C=O) groups is 1.